The predicted molar refractivity (Wildman–Crippen MR) is 87.3 cm³/mol. The summed E-state index contributed by atoms with van der Waals surface area (Å²) in [6, 6.07) is 6.36. The maximum Gasteiger partial charge on any atom is 0.199 e. The molecule has 2 aliphatic rings. The van der Waals surface area contributed by atoms with Crippen LogP contribution in [0.1, 0.15) is 17.2 Å². The van der Waals surface area contributed by atoms with Crippen molar-refractivity contribution in [1.82, 2.24) is 0 Å². The van der Waals surface area contributed by atoms with Crippen LogP contribution in [0.5, 0.6) is 0 Å². The summed E-state index contributed by atoms with van der Waals surface area (Å²) in [7, 11) is 8.19. The number of hydrogen-bond donors (Lipinski definition) is 1. The number of nitrogens with zero attached hydrogens (tertiary/aromatic N) is 2. The Morgan fingerprint density at radius 1 is 1.24 bits per heavy atom. The molecule has 0 amide bonds. The second kappa shape index (κ2) is 5.15. The van der Waals surface area contributed by atoms with E-state index in [2.05, 4.69) is 60.0 Å². The molecule has 0 spiro atoms. The van der Waals surface area contributed by atoms with Crippen LogP contribution >= 0.6 is 0 Å². The Balaban J connectivity index is 2.05. The second-order valence-electron chi connectivity index (χ2n) is 6.32. The molecular weight excluding hydrogens is 260 g/mol. The van der Waals surface area contributed by atoms with Gasteiger partial charge in [-0.2, -0.15) is 0 Å². The van der Waals surface area contributed by atoms with Gasteiger partial charge in [-0.3, -0.25) is 0 Å². The van der Waals surface area contributed by atoms with Gasteiger partial charge in [-0.05, 0) is 35.3 Å². The van der Waals surface area contributed by atoms with Gasteiger partial charge in [0.05, 0.1) is 6.10 Å². The van der Waals surface area contributed by atoms with Crippen LogP contribution in [0.4, 0.5) is 5.69 Å². The van der Waals surface area contributed by atoms with Crippen molar-refractivity contribution in [3.63, 3.8) is 0 Å². The average Bonchev–Trinajstić information content (AvgIpc) is 2.46. The molecule has 0 heterocycles. The molecule has 3 rings (SSSR count). The zero-order valence-electron chi connectivity index (χ0n) is 13.2. The topological polar surface area (TPSA) is 26.5 Å². The maximum absolute atomic E-state index is 10.7. The van der Waals surface area contributed by atoms with Gasteiger partial charge in [0, 0.05) is 37.9 Å². The molecule has 21 heavy (non-hydrogen) atoms. The minimum absolute atomic E-state index is 0.117. The van der Waals surface area contributed by atoms with Gasteiger partial charge in [0.25, 0.3) is 0 Å². The van der Waals surface area contributed by atoms with Crippen molar-refractivity contribution in [3.8, 4) is 0 Å². The Labute approximate surface area is 126 Å². The summed E-state index contributed by atoms with van der Waals surface area (Å²) in [5.74, 6) is 0.117. The number of fused-ring (bicyclic) bond motifs is 2. The molecule has 0 saturated heterocycles. The van der Waals surface area contributed by atoms with Gasteiger partial charge < -0.3 is 10.0 Å². The van der Waals surface area contributed by atoms with Gasteiger partial charge in [-0.15, -0.1) is 0 Å². The summed E-state index contributed by atoms with van der Waals surface area (Å²) in [6.07, 6.45) is 6.95. The normalized spacial score (nSPS) is 23.3. The van der Waals surface area contributed by atoms with Crippen molar-refractivity contribution >= 4 is 11.4 Å². The number of anilines is 1. The van der Waals surface area contributed by atoms with E-state index >= 15 is 0 Å². The van der Waals surface area contributed by atoms with Crippen molar-refractivity contribution in [2.45, 2.75) is 12.5 Å². The Morgan fingerprint density at radius 2 is 2.00 bits per heavy atom. The van der Waals surface area contributed by atoms with E-state index in [4.69, 9.17) is 0 Å². The number of rotatable bonds is 1. The summed E-state index contributed by atoms with van der Waals surface area (Å²) in [5, 5.41) is 10.7. The molecule has 0 aliphatic heterocycles. The quantitative estimate of drug-likeness (QED) is 0.800. The van der Waals surface area contributed by atoms with Gasteiger partial charge in [0.1, 0.15) is 14.1 Å². The molecule has 110 valence electrons. The third-order valence-electron chi connectivity index (χ3n) is 4.45. The highest BCUT2D eigenvalue weighted by atomic mass is 16.3. The minimum atomic E-state index is -0.434. The fourth-order valence-electron chi connectivity index (χ4n) is 3.14. The van der Waals surface area contributed by atoms with Gasteiger partial charge >= 0.3 is 0 Å². The molecule has 2 unspecified atom stereocenters. The highest BCUT2D eigenvalue weighted by Crippen LogP contribution is 2.41. The van der Waals surface area contributed by atoms with Crippen molar-refractivity contribution < 1.29 is 9.68 Å². The highest BCUT2D eigenvalue weighted by Gasteiger charge is 2.32. The Hall–Kier alpha value is -1.87. The Bertz CT molecular complexity index is 664. The Morgan fingerprint density at radius 3 is 2.67 bits per heavy atom. The first-order chi connectivity index (χ1) is 9.97. The summed E-state index contributed by atoms with van der Waals surface area (Å²) in [6.45, 7) is 0. The van der Waals surface area contributed by atoms with Crippen LogP contribution in [0, 0.1) is 5.92 Å². The summed E-state index contributed by atoms with van der Waals surface area (Å²) >= 11 is 0. The molecule has 3 heteroatoms. The monoisotopic (exact) mass is 283 g/mol. The standard InChI is InChI=1S/C18H23N2O/c1-19(2)14-5-7-16-12(10-14)9-13-11-15(20(3)4)6-8-17(13)18(16)21/h5-8,10-11,16,18,21H,9H2,1-4H3/q+1. The molecule has 0 saturated carbocycles. The number of aliphatic hydroxyl groups excluding tert-OH is 1. The first-order valence-electron chi connectivity index (χ1n) is 7.38. The minimum Gasteiger partial charge on any atom is -0.387 e. The van der Waals surface area contributed by atoms with E-state index in [-0.39, 0.29) is 5.92 Å². The molecule has 0 aromatic heterocycles. The fourth-order valence-corrected chi connectivity index (χ4v) is 3.14. The van der Waals surface area contributed by atoms with E-state index in [9.17, 15) is 5.11 Å². The van der Waals surface area contributed by atoms with Crippen LogP contribution in [-0.2, 0) is 6.42 Å². The van der Waals surface area contributed by atoms with E-state index in [1.807, 2.05) is 14.1 Å². The fraction of sp³-hybridized carbons (Fsp3) is 0.389. The molecule has 2 atom stereocenters. The van der Waals surface area contributed by atoms with Crippen molar-refractivity contribution in [2.24, 2.45) is 5.92 Å². The number of allylic oxidation sites excluding steroid dienone is 2. The summed E-state index contributed by atoms with van der Waals surface area (Å²) < 4.78 is 2.11. The lowest BCUT2D eigenvalue weighted by atomic mass is 9.75. The largest absolute Gasteiger partial charge is 0.387 e. The van der Waals surface area contributed by atoms with E-state index in [0.29, 0.717) is 0 Å². The van der Waals surface area contributed by atoms with Crippen molar-refractivity contribution in [1.29, 1.82) is 0 Å². The van der Waals surface area contributed by atoms with Crippen LogP contribution in [0.3, 0.4) is 0 Å². The zero-order chi connectivity index (χ0) is 15.1. The van der Waals surface area contributed by atoms with Crippen LogP contribution in [0.25, 0.3) is 0 Å². The van der Waals surface area contributed by atoms with E-state index in [0.717, 1.165) is 12.0 Å². The molecule has 1 aromatic carbocycles. The first kappa shape index (κ1) is 14.1. The van der Waals surface area contributed by atoms with Crippen LogP contribution < -0.4 is 4.90 Å². The lowest BCUT2D eigenvalue weighted by Gasteiger charge is -2.32. The van der Waals surface area contributed by atoms with Gasteiger partial charge in [0.15, 0.2) is 5.71 Å². The smallest absolute Gasteiger partial charge is 0.199 e. The third kappa shape index (κ3) is 2.42. The highest BCUT2D eigenvalue weighted by molar-refractivity contribution is 6.02. The van der Waals surface area contributed by atoms with Crippen LogP contribution in [-0.4, -0.2) is 43.6 Å². The molecule has 1 N–H and O–H groups in total. The maximum atomic E-state index is 10.7. The average molecular weight is 283 g/mol. The molecule has 0 fully saturated rings. The molecule has 1 aromatic rings. The van der Waals surface area contributed by atoms with Crippen LogP contribution in [0.15, 0.2) is 42.0 Å². The number of aliphatic hydroxyl groups is 1. The number of hydrogen-bond acceptors (Lipinski definition) is 2. The third-order valence-corrected chi connectivity index (χ3v) is 4.45. The molecule has 2 aliphatic carbocycles. The van der Waals surface area contributed by atoms with E-state index in [1.54, 1.807) is 0 Å². The van der Waals surface area contributed by atoms with Gasteiger partial charge in [0.2, 0.25) is 0 Å². The molecule has 0 bridgehead atoms. The predicted octanol–water partition coefficient (Wildman–Crippen LogP) is 2.17. The van der Waals surface area contributed by atoms with Gasteiger partial charge in [-0.1, -0.05) is 12.1 Å². The summed E-state index contributed by atoms with van der Waals surface area (Å²) in [4.78, 5) is 2.10. The van der Waals surface area contributed by atoms with Crippen molar-refractivity contribution in [3.05, 3.63) is 53.1 Å². The first-order valence-corrected chi connectivity index (χ1v) is 7.38. The van der Waals surface area contributed by atoms with Crippen molar-refractivity contribution in [2.75, 3.05) is 33.1 Å². The lowest BCUT2D eigenvalue weighted by Crippen LogP contribution is -2.26. The molecular formula is C18H23N2O+. The summed E-state index contributed by atoms with van der Waals surface area (Å²) in [5.41, 5.74) is 5.99. The van der Waals surface area contributed by atoms with Gasteiger partial charge in [-0.25, -0.2) is 4.58 Å². The molecule has 3 nitrogen and oxygen atoms in total. The molecule has 0 radical (unpaired) electrons. The Kier molecular flexibility index (Phi) is 3.46. The SMILES string of the molecule is CN(C)c1ccc2c(c1)CC1=CC(=[N+](C)C)C=CC1C2O. The number of benzene rings is 1. The zero-order valence-corrected chi connectivity index (χ0v) is 13.2. The lowest BCUT2D eigenvalue weighted by molar-refractivity contribution is -0.462. The van der Waals surface area contributed by atoms with Crippen LogP contribution in [0.2, 0.25) is 0 Å². The van der Waals surface area contributed by atoms with E-state index < -0.39 is 6.10 Å². The second-order valence-corrected chi connectivity index (χ2v) is 6.32. The van der Waals surface area contributed by atoms with E-state index in [1.165, 1.54) is 22.5 Å².